The molecule has 2 N–H and O–H groups in total. The third-order valence-electron chi connectivity index (χ3n) is 8.50. The zero-order valence-electron chi connectivity index (χ0n) is 30.9. The molecule has 0 fully saturated rings. The smallest absolute Gasteiger partial charge is 1.00 e. The molecule has 9 aromatic rings. The molecule has 0 saturated heterocycles. The number of benzene rings is 8. The Morgan fingerprint density at radius 3 is 1.57 bits per heavy atom. The van der Waals surface area contributed by atoms with E-state index in [2.05, 4.69) is 98.6 Å². The number of carbonyl (C=O) groups excluding carboxylic acids is 1. The van der Waals surface area contributed by atoms with E-state index >= 15 is 0 Å². The monoisotopic (exact) mass is 976 g/mol. The van der Waals surface area contributed by atoms with Crippen molar-refractivity contribution in [2.75, 3.05) is 5.73 Å². The Morgan fingerprint density at radius 2 is 1.07 bits per heavy atom. The standard InChI is InChI=1S/C24H15BrN2.C11H7BrN2.C7H5ClO.C6H5.BrH.Mg/c25-21-15-20-22(16-9-3-1-4-10-16)26-24(17-11-5-2-6-12-17)27-23(20)19-14-8-7-13-18(19)21;12-10-5-7(6-13)11(14)9-4-2-1-3-8(9)10;8-7(9)6-4-2-1-3-5-6;1-2-4-6-5-3-1;;/h1-15H;1-5H,14H2;1-5H;1-5H;1H;/q;;;-1;;+2/p-1. The van der Waals surface area contributed by atoms with E-state index in [0.717, 1.165) is 64.0 Å². The molecular formula is C48H32Br3ClMgN4O. The second-order valence-electron chi connectivity index (χ2n) is 12.1. The molecule has 0 atom stereocenters. The number of anilines is 1. The van der Waals surface area contributed by atoms with Crippen molar-refractivity contribution in [3.05, 3.63) is 208 Å². The molecule has 0 radical (unpaired) electrons. The van der Waals surface area contributed by atoms with Gasteiger partial charge in [0.1, 0.15) is 6.07 Å². The summed E-state index contributed by atoms with van der Waals surface area (Å²) in [7, 11) is 0. The number of halogens is 4. The second-order valence-corrected chi connectivity index (χ2v) is 14.2. The maximum atomic E-state index is 10.4. The van der Waals surface area contributed by atoms with Gasteiger partial charge < -0.3 is 22.7 Å². The third kappa shape index (κ3) is 11.6. The van der Waals surface area contributed by atoms with Crippen molar-refractivity contribution in [2.45, 2.75) is 0 Å². The van der Waals surface area contributed by atoms with Crippen molar-refractivity contribution in [3.63, 3.8) is 0 Å². The molecule has 0 aliphatic carbocycles. The first-order valence-corrected chi connectivity index (χ1v) is 19.3. The van der Waals surface area contributed by atoms with Gasteiger partial charge in [-0.1, -0.05) is 171 Å². The molecular weight excluding hydrogens is 948 g/mol. The largest absolute Gasteiger partial charge is 2.00 e. The minimum atomic E-state index is -0.407. The minimum Gasteiger partial charge on any atom is -1.00 e. The maximum Gasteiger partial charge on any atom is 2.00 e. The molecule has 58 heavy (non-hydrogen) atoms. The van der Waals surface area contributed by atoms with Crippen molar-refractivity contribution in [1.29, 1.82) is 5.26 Å². The third-order valence-corrected chi connectivity index (χ3v) is 10.0. The van der Waals surface area contributed by atoms with Crippen molar-refractivity contribution in [2.24, 2.45) is 0 Å². The molecule has 1 heterocycles. The van der Waals surface area contributed by atoms with Crippen molar-refractivity contribution in [1.82, 2.24) is 9.97 Å². The normalized spacial score (nSPS) is 9.83. The van der Waals surface area contributed by atoms with Gasteiger partial charge in [-0.25, -0.2) is 9.97 Å². The molecule has 0 saturated carbocycles. The minimum absolute atomic E-state index is 0. The van der Waals surface area contributed by atoms with E-state index in [1.165, 1.54) is 0 Å². The number of rotatable bonds is 3. The van der Waals surface area contributed by atoms with E-state index in [1.807, 2.05) is 97.1 Å². The van der Waals surface area contributed by atoms with Crippen LogP contribution in [0, 0.1) is 17.4 Å². The van der Waals surface area contributed by atoms with Gasteiger partial charge in [0.15, 0.2) is 5.82 Å². The first-order valence-electron chi connectivity index (χ1n) is 17.4. The van der Waals surface area contributed by atoms with Crippen LogP contribution in [0.5, 0.6) is 0 Å². The Kier molecular flexibility index (Phi) is 18.0. The molecule has 1 aromatic heterocycles. The zero-order valence-corrected chi connectivity index (χ0v) is 37.8. The number of hydrogen-bond donors (Lipinski definition) is 1. The number of carbonyl (C=O) groups is 1. The van der Waals surface area contributed by atoms with Gasteiger partial charge in [-0.2, -0.15) is 41.7 Å². The van der Waals surface area contributed by atoms with E-state index in [1.54, 1.807) is 30.3 Å². The summed E-state index contributed by atoms with van der Waals surface area (Å²) >= 11 is 12.3. The van der Waals surface area contributed by atoms with Crippen LogP contribution in [0.1, 0.15) is 15.9 Å². The number of fused-ring (bicyclic) bond motifs is 4. The first kappa shape index (κ1) is 45.8. The first-order chi connectivity index (χ1) is 27.4. The Hall–Kier alpha value is -4.92. The molecule has 0 aliphatic heterocycles. The Balaban J connectivity index is 0.000000200. The van der Waals surface area contributed by atoms with Crippen molar-refractivity contribution >= 4 is 110 Å². The fourth-order valence-electron chi connectivity index (χ4n) is 5.80. The Labute approximate surface area is 386 Å². The summed E-state index contributed by atoms with van der Waals surface area (Å²) in [5, 5.41) is 13.7. The number of nitriles is 1. The molecule has 0 unspecified atom stereocenters. The van der Waals surface area contributed by atoms with Gasteiger partial charge in [0.2, 0.25) is 0 Å². The Morgan fingerprint density at radius 1 is 0.603 bits per heavy atom. The molecule has 0 amide bonds. The van der Waals surface area contributed by atoms with E-state index in [9.17, 15) is 4.79 Å². The molecule has 5 nitrogen and oxygen atoms in total. The quantitative estimate of drug-likeness (QED) is 0.0626. The van der Waals surface area contributed by atoms with Crippen LogP contribution in [-0.4, -0.2) is 38.3 Å². The fraction of sp³-hybridized carbons (Fsp3) is 0. The molecule has 10 heteroatoms. The van der Waals surface area contributed by atoms with E-state index < -0.39 is 5.24 Å². The molecule has 0 aliphatic rings. The molecule has 9 rings (SSSR count). The molecule has 8 aromatic carbocycles. The number of nitrogens with two attached hydrogens (primary N) is 1. The summed E-state index contributed by atoms with van der Waals surface area (Å²) in [6, 6.07) is 63.7. The predicted octanol–water partition coefficient (Wildman–Crippen LogP) is 10.1. The summed E-state index contributed by atoms with van der Waals surface area (Å²) in [6.07, 6.45) is 0. The molecule has 0 spiro atoms. The zero-order chi connectivity index (χ0) is 39.3. The fourth-order valence-corrected chi connectivity index (χ4v) is 7.08. The van der Waals surface area contributed by atoms with Gasteiger partial charge in [-0.15, -0.1) is 0 Å². The maximum absolute atomic E-state index is 10.4. The van der Waals surface area contributed by atoms with Crippen molar-refractivity contribution in [3.8, 4) is 28.7 Å². The van der Waals surface area contributed by atoms with Gasteiger partial charge in [0.05, 0.1) is 22.5 Å². The summed E-state index contributed by atoms with van der Waals surface area (Å²) < 4.78 is 1.96. The van der Waals surface area contributed by atoms with E-state index in [0.29, 0.717) is 16.8 Å². The van der Waals surface area contributed by atoms with E-state index in [-0.39, 0.29) is 40.0 Å². The number of hydrogen-bond acceptors (Lipinski definition) is 5. The molecule has 0 bridgehead atoms. The van der Waals surface area contributed by atoms with Crippen LogP contribution in [-0.2, 0) is 0 Å². The molecule has 280 valence electrons. The van der Waals surface area contributed by atoms with Crippen molar-refractivity contribution < 1.29 is 21.8 Å². The van der Waals surface area contributed by atoms with Crippen LogP contribution < -0.4 is 22.7 Å². The van der Waals surface area contributed by atoms with Crippen LogP contribution in [0.3, 0.4) is 0 Å². The summed E-state index contributed by atoms with van der Waals surface area (Å²) in [5.41, 5.74) is 11.5. The summed E-state index contributed by atoms with van der Waals surface area (Å²) in [5.74, 6) is 0.745. The average molecular weight is 980 g/mol. The van der Waals surface area contributed by atoms with Crippen LogP contribution >= 0.6 is 43.5 Å². The number of aromatic nitrogens is 2. The van der Waals surface area contributed by atoms with Crippen LogP contribution in [0.15, 0.2) is 191 Å². The van der Waals surface area contributed by atoms with Crippen LogP contribution in [0.2, 0.25) is 0 Å². The Bertz CT molecular complexity index is 2750. The predicted molar refractivity (Wildman–Crippen MR) is 244 cm³/mol. The topological polar surface area (TPSA) is 92.7 Å². The van der Waals surface area contributed by atoms with E-state index in [4.69, 9.17) is 32.6 Å². The van der Waals surface area contributed by atoms with Gasteiger partial charge in [-0.05, 0) is 34.5 Å². The van der Waals surface area contributed by atoms with Gasteiger partial charge in [0, 0.05) is 41.8 Å². The average Bonchev–Trinajstić information content (AvgIpc) is 3.27. The summed E-state index contributed by atoms with van der Waals surface area (Å²) in [6.45, 7) is 0. The number of nitrogen functional groups attached to an aromatic ring is 1. The van der Waals surface area contributed by atoms with Gasteiger partial charge >= 0.3 is 23.1 Å². The van der Waals surface area contributed by atoms with Gasteiger partial charge in [0.25, 0.3) is 5.24 Å². The SMILES string of the molecule is Brc1cc2c(-c3ccccc3)nc(-c3ccccc3)nc2c2ccccc12.N#Cc1cc(Br)c2ccccc2c1N.O=C(Cl)c1ccccc1.[Br-].[Mg+2].[c-]1ccccc1. The number of nitrogens with zero attached hydrogens (tertiary/aromatic N) is 3. The van der Waals surface area contributed by atoms with Gasteiger partial charge in [-0.3, -0.25) is 4.79 Å². The van der Waals surface area contributed by atoms with Crippen LogP contribution in [0.4, 0.5) is 5.69 Å². The summed E-state index contributed by atoms with van der Waals surface area (Å²) in [4.78, 5) is 20.3. The van der Waals surface area contributed by atoms with Crippen LogP contribution in [0.25, 0.3) is 55.1 Å². The second kappa shape index (κ2) is 22.9.